The third-order valence-electron chi connectivity index (χ3n) is 5.32. The zero-order valence-electron chi connectivity index (χ0n) is 29.1. The fourth-order valence-corrected chi connectivity index (χ4v) is 3.87. The van der Waals surface area contributed by atoms with Crippen molar-refractivity contribution in [2.45, 2.75) is 52.4 Å². The second-order valence-corrected chi connectivity index (χ2v) is 9.92. The molecule has 0 bridgehead atoms. The molecule has 5 aromatic rings. The molecule has 0 unspecified atom stereocenters. The van der Waals surface area contributed by atoms with Crippen molar-refractivity contribution >= 4 is 21.8 Å². The van der Waals surface area contributed by atoms with E-state index in [1.165, 1.54) is 0 Å². The van der Waals surface area contributed by atoms with Crippen LogP contribution in [0, 0.1) is 0 Å². The van der Waals surface area contributed by atoms with Gasteiger partial charge in [-0.05, 0) is 36.3 Å². The van der Waals surface area contributed by atoms with Gasteiger partial charge in [-0.15, -0.1) is 0 Å². The fourth-order valence-electron chi connectivity index (χ4n) is 3.87. The number of pyridine rings is 1. The molecule has 0 atom stereocenters. The predicted molar refractivity (Wildman–Crippen MR) is 135 cm³/mol. The fraction of sp³-hybridized carbons (Fsp3) is 0.276. The van der Waals surface area contributed by atoms with Gasteiger partial charge in [-0.1, -0.05) is 83.9 Å². The molecule has 3 heterocycles. The maximum absolute atomic E-state index is 9.00. The Hall–Kier alpha value is -3.33. The van der Waals surface area contributed by atoms with Gasteiger partial charge in [-0.3, -0.25) is 9.13 Å². The number of hydrogen-bond donors (Lipinski definition) is 0. The third-order valence-corrected chi connectivity index (χ3v) is 5.32. The Kier molecular flexibility index (Phi) is 2.67. The molecule has 0 aliphatic heterocycles. The minimum Gasteiger partial charge on any atom is -0.298 e. The van der Waals surface area contributed by atoms with E-state index in [0.29, 0.717) is 11.4 Å². The van der Waals surface area contributed by atoms with Crippen molar-refractivity contribution in [2.24, 2.45) is 0 Å². The highest BCUT2D eigenvalue weighted by Gasteiger charge is 2.24. The summed E-state index contributed by atoms with van der Waals surface area (Å²) in [6.07, 6.45) is 0. The lowest BCUT2D eigenvalue weighted by Crippen LogP contribution is -2.19. The lowest BCUT2D eigenvalue weighted by molar-refractivity contribution is 0.554. The second kappa shape index (κ2) is 7.09. The summed E-state index contributed by atoms with van der Waals surface area (Å²) in [7, 11) is 0. The van der Waals surface area contributed by atoms with Gasteiger partial charge in [0.2, 0.25) is 0 Å². The zero-order chi connectivity index (χ0) is 31.4. The molecule has 0 aliphatic carbocycles. The van der Waals surface area contributed by atoms with Gasteiger partial charge in [0.15, 0.2) is 0 Å². The van der Waals surface area contributed by atoms with Crippen LogP contribution in [-0.4, -0.2) is 14.1 Å². The molecule has 0 N–H and O–H groups in total. The summed E-state index contributed by atoms with van der Waals surface area (Å²) < 4.78 is 88.8. The summed E-state index contributed by atoms with van der Waals surface area (Å²) in [6.45, 7) is 11.3. The molecule has 3 aromatic heterocycles. The van der Waals surface area contributed by atoms with Crippen molar-refractivity contribution in [3.8, 4) is 11.6 Å². The average Bonchev–Trinajstić information content (AvgIpc) is 3.40. The first-order valence-corrected chi connectivity index (χ1v) is 10.5. The summed E-state index contributed by atoms with van der Waals surface area (Å²) in [5.41, 5.74) is -0.215. The van der Waals surface area contributed by atoms with Crippen LogP contribution in [0.1, 0.15) is 66.6 Å². The van der Waals surface area contributed by atoms with Gasteiger partial charge in [0.05, 0.1) is 24.7 Å². The highest BCUT2D eigenvalue weighted by Crippen LogP contribution is 2.34. The zero-order valence-corrected chi connectivity index (χ0v) is 19.1. The van der Waals surface area contributed by atoms with Gasteiger partial charge in [0.1, 0.15) is 11.6 Å². The number of benzene rings is 2. The quantitative estimate of drug-likeness (QED) is 0.283. The van der Waals surface area contributed by atoms with Gasteiger partial charge in [-0.25, -0.2) is 4.98 Å². The van der Waals surface area contributed by atoms with E-state index >= 15 is 0 Å². The molecule has 0 radical (unpaired) electrons. The highest BCUT2D eigenvalue weighted by atomic mass is 15.1. The number of rotatable bonds is 2. The number of fused-ring (bicyclic) bond motifs is 2. The van der Waals surface area contributed by atoms with E-state index in [4.69, 9.17) is 18.7 Å². The second-order valence-electron chi connectivity index (χ2n) is 9.92. The Labute approximate surface area is 204 Å². The molecular weight excluding hydrogens is 390 g/mol. The lowest BCUT2D eigenvalue weighted by Gasteiger charge is -2.24. The molecule has 2 aromatic carbocycles. The summed E-state index contributed by atoms with van der Waals surface area (Å²) >= 11 is 0. The molecule has 0 aliphatic rings. The molecule has 3 nitrogen and oxygen atoms in total. The van der Waals surface area contributed by atoms with E-state index in [1.807, 2.05) is 41.5 Å². The first-order valence-electron chi connectivity index (χ1n) is 15.5. The van der Waals surface area contributed by atoms with Crippen molar-refractivity contribution in [3.63, 3.8) is 0 Å². The Morgan fingerprint density at radius 1 is 0.656 bits per heavy atom. The van der Waals surface area contributed by atoms with Crippen molar-refractivity contribution in [3.05, 3.63) is 90.0 Å². The SMILES string of the molecule is [2H]c1c([2H])c([2H])c2c(c1[2H])c([2H])c(C(C)(C)C)n2-c1cccc(-n2c(C(C)(C)C)c([2H])c3c([2H])c([2H])c([2H])c([2H])c32)n1. The van der Waals surface area contributed by atoms with Crippen molar-refractivity contribution in [1.29, 1.82) is 0 Å². The molecule has 0 saturated heterocycles. The summed E-state index contributed by atoms with van der Waals surface area (Å²) in [4.78, 5) is 4.89. The van der Waals surface area contributed by atoms with E-state index < -0.39 is 35.0 Å². The van der Waals surface area contributed by atoms with Crippen LogP contribution in [-0.2, 0) is 10.8 Å². The Bertz CT molecular complexity index is 1820. The molecule has 0 saturated carbocycles. The molecule has 0 fully saturated rings. The Morgan fingerprint density at radius 2 is 1.06 bits per heavy atom. The smallest absolute Gasteiger partial charge is 0.139 e. The minimum atomic E-state index is -0.665. The van der Waals surface area contributed by atoms with Crippen LogP contribution >= 0.6 is 0 Å². The van der Waals surface area contributed by atoms with Crippen LogP contribution in [0.2, 0.25) is 0 Å². The van der Waals surface area contributed by atoms with Crippen LogP contribution < -0.4 is 0 Å². The predicted octanol–water partition coefficient (Wildman–Crippen LogP) is 7.56. The van der Waals surface area contributed by atoms with Crippen LogP contribution in [0.15, 0.2) is 78.6 Å². The van der Waals surface area contributed by atoms with Gasteiger partial charge in [0.25, 0.3) is 0 Å². The summed E-state index contributed by atoms with van der Waals surface area (Å²) in [5.74, 6) is 0.528. The van der Waals surface area contributed by atoms with Crippen LogP contribution in [0.25, 0.3) is 33.4 Å². The van der Waals surface area contributed by atoms with E-state index in [-0.39, 0.29) is 69.7 Å². The maximum atomic E-state index is 9.00. The van der Waals surface area contributed by atoms with E-state index in [9.17, 15) is 0 Å². The van der Waals surface area contributed by atoms with E-state index in [1.54, 1.807) is 27.3 Å². The maximum Gasteiger partial charge on any atom is 0.139 e. The number of hydrogen-bond acceptors (Lipinski definition) is 1. The normalized spacial score (nSPS) is 17.1. The first kappa shape index (κ1) is 12.1. The number of aromatic nitrogens is 3. The minimum absolute atomic E-state index is 0.0268. The van der Waals surface area contributed by atoms with Crippen LogP contribution in [0.4, 0.5) is 0 Å². The monoisotopic (exact) mass is 431 g/mol. The largest absolute Gasteiger partial charge is 0.298 e. The molecular formula is C29H31N3. The number of nitrogens with zero attached hydrogens (tertiary/aromatic N) is 3. The van der Waals surface area contributed by atoms with Crippen molar-refractivity contribution < 1.29 is 13.7 Å². The Morgan fingerprint density at radius 3 is 1.47 bits per heavy atom. The van der Waals surface area contributed by atoms with E-state index in [0.717, 1.165) is 0 Å². The van der Waals surface area contributed by atoms with Gasteiger partial charge in [-0.2, -0.15) is 0 Å². The average molecular weight is 432 g/mol. The van der Waals surface area contributed by atoms with Crippen LogP contribution in [0.3, 0.4) is 0 Å². The molecule has 0 amide bonds. The van der Waals surface area contributed by atoms with E-state index in [2.05, 4.69) is 0 Å². The molecule has 32 heavy (non-hydrogen) atoms. The van der Waals surface area contributed by atoms with Gasteiger partial charge >= 0.3 is 0 Å². The van der Waals surface area contributed by atoms with Crippen LogP contribution in [0.5, 0.6) is 0 Å². The number of para-hydroxylation sites is 2. The summed E-state index contributed by atoms with van der Waals surface area (Å²) in [6, 6.07) is 2.05. The van der Waals surface area contributed by atoms with Gasteiger partial charge < -0.3 is 0 Å². The van der Waals surface area contributed by atoms with Gasteiger partial charge in [0, 0.05) is 33.0 Å². The first-order chi connectivity index (χ1) is 19.3. The van der Waals surface area contributed by atoms with Crippen molar-refractivity contribution in [1.82, 2.24) is 14.1 Å². The molecule has 162 valence electrons. The third kappa shape index (κ3) is 3.33. The highest BCUT2D eigenvalue weighted by molar-refractivity contribution is 5.84. The molecule has 0 spiro atoms. The standard InChI is InChI=1S/C29H31N3/c1-28(2,3)24-18-20-12-7-9-14-22(20)31(24)26-16-11-17-27(30-26)32-23-15-10-8-13-21(23)19-25(32)29(4,5)6/h7-19H,1-6H3/i7D,8D,9D,10D,12D,13D,14D,15D,18D,19D. The lowest BCUT2D eigenvalue weighted by atomic mass is 9.92. The molecule has 3 heteroatoms. The Balaban J connectivity index is 1.97. The molecule has 5 rings (SSSR count). The topological polar surface area (TPSA) is 22.8 Å². The summed E-state index contributed by atoms with van der Waals surface area (Å²) in [5, 5.41) is 0.171. The van der Waals surface area contributed by atoms with Crippen molar-refractivity contribution in [2.75, 3.05) is 0 Å².